The van der Waals surface area contributed by atoms with Gasteiger partial charge in [0.1, 0.15) is 0 Å². The molecule has 1 aromatic rings. The normalized spacial score (nSPS) is 22.8. The molecular weight excluding hydrogens is 200 g/mol. The predicted octanol–water partition coefficient (Wildman–Crippen LogP) is 4.65. The first-order valence-electron chi connectivity index (χ1n) is 5.29. The van der Waals surface area contributed by atoms with E-state index < -0.39 is 0 Å². The van der Waals surface area contributed by atoms with Crippen LogP contribution in [0.25, 0.3) is 5.57 Å². The zero-order valence-corrected chi connectivity index (χ0v) is 10.1. The van der Waals surface area contributed by atoms with Gasteiger partial charge < -0.3 is 0 Å². The first-order chi connectivity index (χ1) is 7.18. The number of aryl methyl sites for hydroxylation is 1. The van der Waals surface area contributed by atoms with E-state index in [1.165, 1.54) is 21.6 Å². The number of rotatable bonds is 0. The van der Waals surface area contributed by atoms with E-state index in [2.05, 4.69) is 50.1 Å². The molecule has 2 rings (SSSR count). The maximum atomic E-state index is 4.20. The van der Waals surface area contributed by atoms with Crippen LogP contribution >= 0.6 is 11.8 Å². The van der Waals surface area contributed by atoms with Gasteiger partial charge in [0.25, 0.3) is 0 Å². The van der Waals surface area contributed by atoms with Gasteiger partial charge in [-0.05, 0) is 41.4 Å². The van der Waals surface area contributed by atoms with Crippen molar-refractivity contribution >= 4 is 17.3 Å². The smallest absolute Gasteiger partial charge is 0.0220 e. The monoisotopic (exact) mass is 216 g/mol. The molecule has 1 aliphatic heterocycles. The van der Waals surface area contributed by atoms with Crippen molar-refractivity contribution in [3.63, 3.8) is 0 Å². The van der Waals surface area contributed by atoms with Gasteiger partial charge in [0.15, 0.2) is 0 Å². The van der Waals surface area contributed by atoms with Gasteiger partial charge in [-0.2, -0.15) is 0 Å². The summed E-state index contributed by atoms with van der Waals surface area (Å²) in [5.74, 6) is 0.596. The Morgan fingerprint density at radius 2 is 2.20 bits per heavy atom. The summed E-state index contributed by atoms with van der Waals surface area (Å²) >= 11 is 1.82. The molecule has 0 spiro atoms. The third-order valence-electron chi connectivity index (χ3n) is 2.75. The molecular formula is C14H16S. The fraction of sp³-hybridized carbons (Fsp3) is 0.286. The Balaban J connectivity index is 2.49. The topological polar surface area (TPSA) is 0 Å². The third-order valence-corrected chi connectivity index (χ3v) is 3.82. The largest absolute Gasteiger partial charge is 0.0975 e. The van der Waals surface area contributed by atoms with Gasteiger partial charge in [-0.15, -0.1) is 0 Å². The molecule has 0 saturated heterocycles. The molecule has 78 valence electrons. The molecule has 1 heterocycles. The number of fused-ring (bicyclic) bond motifs is 1. The van der Waals surface area contributed by atoms with E-state index in [0.29, 0.717) is 5.92 Å². The Morgan fingerprint density at radius 3 is 3.00 bits per heavy atom. The van der Waals surface area contributed by atoms with Crippen molar-refractivity contribution in [2.24, 2.45) is 5.92 Å². The van der Waals surface area contributed by atoms with Crippen LogP contribution < -0.4 is 0 Å². The summed E-state index contributed by atoms with van der Waals surface area (Å²) in [5, 5.41) is 2.21. The molecule has 1 unspecified atom stereocenters. The van der Waals surface area contributed by atoms with E-state index in [0.717, 1.165) is 6.42 Å². The van der Waals surface area contributed by atoms with Gasteiger partial charge in [0.05, 0.1) is 0 Å². The second-order valence-electron chi connectivity index (χ2n) is 4.18. The molecule has 0 saturated carbocycles. The highest BCUT2D eigenvalue weighted by Gasteiger charge is 2.12. The van der Waals surface area contributed by atoms with Crippen molar-refractivity contribution in [1.29, 1.82) is 0 Å². The van der Waals surface area contributed by atoms with Crippen LogP contribution in [0, 0.1) is 12.8 Å². The molecule has 1 heteroatoms. The maximum absolute atomic E-state index is 4.20. The van der Waals surface area contributed by atoms with Crippen LogP contribution in [0.5, 0.6) is 0 Å². The highest BCUT2D eigenvalue weighted by atomic mass is 32.2. The maximum Gasteiger partial charge on any atom is 0.0220 e. The molecule has 1 aromatic carbocycles. The van der Waals surface area contributed by atoms with Gasteiger partial charge >= 0.3 is 0 Å². The highest BCUT2D eigenvalue weighted by molar-refractivity contribution is 8.02. The van der Waals surface area contributed by atoms with Crippen molar-refractivity contribution in [2.75, 3.05) is 0 Å². The Hall–Kier alpha value is -0.950. The lowest BCUT2D eigenvalue weighted by molar-refractivity contribution is 0.755. The van der Waals surface area contributed by atoms with Crippen molar-refractivity contribution in [1.82, 2.24) is 0 Å². The van der Waals surface area contributed by atoms with Crippen LogP contribution in [0.2, 0.25) is 0 Å². The van der Waals surface area contributed by atoms with Crippen molar-refractivity contribution in [2.45, 2.75) is 25.2 Å². The van der Waals surface area contributed by atoms with Crippen LogP contribution in [0.15, 0.2) is 41.2 Å². The lowest BCUT2D eigenvalue weighted by atomic mass is 9.95. The van der Waals surface area contributed by atoms with Crippen molar-refractivity contribution < 1.29 is 0 Å². The zero-order valence-electron chi connectivity index (χ0n) is 9.29. The fourth-order valence-electron chi connectivity index (χ4n) is 1.90. The molecule has 1 aliphatic rings. The second kappa shape index (κ2) is 4.28. The SMILES string of the molecule is C=C1CC(C)/C=C\Sc2c(C)cccc21. The van der Waals surface area contributed by atoms with Crippen molar-refractivity contribution in [3.05, 3.63) is 47.4 Å². The molecule has 15 heavy (non-hydrogen) atoms. The van der Waals surface area contributed by atoms with Gasteiger partial charge in [0, 0.05) is 4.90 Å². The van der Waals surface area contributed by atoms with Crippen LogP contribution in [0.3, 0.4) is 0 Å². The van der Waals surface area contributed by atoms with E-state index in [4.69, 9.17) is 0 Å². The summed E-state index contributed by atoms with van der Waals surface area (Å²) in [4.78, 5) is 1.37. The molecule has 0 aromatic heterocycles. The molecule has 0 amide bonds. The zero-order chi connectivity index (χ0) is 10.8. The Bertz CT molecular complexity index is 415. The summed E-state index contributed by atoms with van der Waals surface area (Å²) in [6.07, 6.45) is 3.33. The van der Waals surface area contributed by atoms with Crippen LogP contribution in [0.4, 0.5) is 0 Å². The number of hydrogen-bond donors (Lipinski definition) is 0. The highest BCUT2D eigenvalue weighted by Crippen LogP contribution is 2.36. The van der Waals surface area contributed by atoms with Crippen LogP contribution in [0.1, 0.15) is 24.5 Å². The van der Waals surface area contributed by atoms with Gasteiger partial charge in [0.2, 0.25) is 0 Å². The first kappa shape index (κ1) is 10.6. The van der Waals surface area contributed by atoms with E-state index in [-0.39, 0.29) is 0 Å². The molecule has 0 bridgehead atoms. The molecule has 0 nitrogen and oxygen atoms in total. The minimum Gasteiger partial charge on any atom is -0.0975 e. The minimum atomic E-state index is 0.596. The molecule has 0 fully saturated rings. The number of thioether (sulfide) groups is 1. The summed E-state index contributed by atoms with van der Waals surface area (Å²) in [7, 11) is 0. The van der Waals surface area contributed by atoms with E-state index in [1.807, 2.05) is 11.8 Å². The standard InChI is InChI=1S/C14H16S/c1-10-7-8-15-14-11(2)5-4-6-13(14)12(3)9-10/h4-8,10H,3,9H2,1-2H3/b8-7-. The quantitative estimate of drug-likeness (QED) is 0.608. The number of hydrogen-bond acceptors (Lipinski definition) is 1. The van der Waals surface area contributed by atoms with Gasteiger partial charge in [-0.3, -0.25) is 0 Å². The van der Waals surface area contributed by atoms with Gasteiger partial charge in [-0.25, -0.2) is 0 Å². The summed E-state index contributed by atoms with van der Waals surface area (Å²) in [6, 6.07) is 6.47. The van der Waals surface area contributed by atoms with Crippen LogP contribution in [-0.4, -0.2) is 0 Å². The Morgan fingerprint density at radius 1 is 1.40 bits per heavy atom. The number of allylic oxidation sites excluding steroid dienone is 2. The van der Waals surface area contributed by atoms with E-state index >= 15 is 0 Å². The molecule has 1 atom stereocenters. The Labute approximate surface area is 96.1 Å². The van der Waals surface area contributed by atoms with E-state index in [1.54, 1.807) is 0 Å². The average Bonchev–Trinajstić information content (AvgIpc) is 2.18. The van der Waals surface area contributed by atoms with E-state index in [9.17, 15) is 0 Å². The molecule has 0 radical (unpaired) electrons. The summed E-state index contributed by atoms with van der Waals surface area (Å²) in [5.41, 5.74) is 3.94. The summed E-state index contributed by atoms with van der Waals surface area (Å²) in [6.45, 7) is 8.61. The third kappa shape index (κ3) is 2.18. The molecule has 0 N–H and O–H groups in total. The lowest BCUT2D eigenvalue weighted by Gasteiger charge is -2.17. The predicted molar refractivity (Wildman–Crippen MR) is 69.0 cm³/mol. The minimum absolute atomic E-state index is 0.596. The number of benzene rings is 1. The molecule has 0 aliphatic carbocycles. The summed E-state index contributed by atoms with van der Waals surface area (Å²) < 4.78 is 0. The van der Waals surface area contributed by atoms with Gasteiger partial charge in [-0.1, -0.05) is 49.5 Å². The lowest BCUT2D eigenvalue weighted by Crippen LogP contribution is -1.97. The fourth-order valence-corrected chi connectivity index (χ4v) is 2.97. The Kier molecular flexibility index (Phi) is 3.01. The second-order valence-corrected chi connectivity index (χ2v) is 5.10. The average molecular weight is 216 g/mol. The van der Waals surface area contributed by atoms with Crippen molar-refractivity contribution in [3.8, 4) is 0 Å². The van der Waals surface area contributed by atoms with Crippen LogP contribution in [-0.2, 0) is 0 Å². The first-order valence-corrected chi connectivity index (χ1v) is 6.17.